The van der Waals surface area contributed by atoms with Gasteiger partial charge in [-0.1, -0.05) is 57.0 Å². The van der Waals surface area contributed by atoms with Crippen molar-refractivity contribution >= 4 is 32.6 Å². The van der Waals surface area contributed by atoms with Crippen molar-refractivity contribution < 1.29 is 21.7 Å². The van der Waals surface area contributed by atoms with Crippen LogP contribution in [-0.2, 0) is 32.0 Å². The molecule has 2 heterocycles. The molecule has 276 valence electrons. The highest BCUT2D eigenvalue weighted by molar-refractivity contribution is 7.85. The SMILES string of the molecule is CC1=C(/C=C/C2N(CCCCS(=O)[O-])c3ccc(C#N)cc3C2(C)C)CCC/C1=C\C=C1\N(CCCCS(=O)(=O)O)c2ccc(C#N)cc2C1(C)C. The molecule has 0 saturated heterocycles. The van der Waals surface area contributed by atoms with E-state index in [1.165, 1.54) is 16.7 Å². The van der Waals surface area contributed by atoms with Gasteiger partial charge in [-0.25, -0.2) is 0 Å². The van der Waals surface area contributed by atoms with Crippen LogP contribution >= 0.6 is 0 Å². The number of unbranched alkanes of at least 4 members (excludes halogenated alkanes) is 2. The van der Waals surface area contributed by atoms with Crippen LogP contribution in [-0.4, -0.2) is 52.4 Å². The molecule has 5 rings (SSSR count). The third-order valence-electron chi connectivity index (χ3n) is 11.0. The summed E-state index contributed by atoms with van der Waals surface area (Å²) in [6.07, 6.45) is 14.1. The molecule has 2 aliphatic heterocycles. The van der Waals surface area contributed by atoms with Crippen LogP contribution in [0.1, 0.15) is 102 Å². The van der Waals surface area contributed by atoms with Crippen LogP contribution < -0.4 is 9.80 Å². The minimum Gasteiger partial charge on any atom is -0.772 e. The van der Waals surface area contributed by atoms with Crippen LogP contribution in [0.3, 0.4) is 0 Å². The second-order valence-electron chi connectivity index (χ2n) is 15.1. The summed E-state index contributed by atoms with van der Waals surface area (Å²) in [4.78, 5) is 4.59. The molecule has 2 unspecified atom stereocenters. The number of anilines is 2. The summed E-state index contributed by atoms with van der Waals surface area (Å²) in [6, 6.07) is 16.2. The molecule has 2 atom stereocenters. The molecule has 2 aromatic rings. The monoisotopic (exact) mass is 741 g/mol. The highest BCUT2D eigenvalue weighted by atomic mass is 32.2. The summed E-state index contributed by atoms with van der Waals surface area (Å²) in [5.41, 5.74) is 9.68. The van der Waals surface area contributed by atoms with E-state index >= 15 is 0 Å². The number of nitrogens with zero attached hydrogens (tertiary/aromatic N) is 4. The molecular weight excluding hydrogens is 693 g/mol. The molecule has 1 aliphatic carbocycles. The van der Waals surface area contributed by atoms with Crippen LogP contribution in [0.25, 0.3) is 0 Å². The predicted molar refractivity (Wildman–Crippen MR) is 207 cm³/mol. The van der Waals surface area contributed by atoms with E-state index in [4.69, 9.17) is 0 Å². The van der Waals surface area contributed by atoms with Crippen molar-refractivity contribution in [2.45, 2.75) is 96.4 Å². The van der Waals surface area contributed by atoms with Gasteiger partial charge in [0.25, 0.3) is 10.1 Å². The maximum Gasteiger partial charge on any atom is 0.264 e. The molecule has 0 saturated carbocycles. The first-order valence-corrected chi connectivity index (χ1v) is 20.9. The lowest BCUT2D eigenvalue weighted by molar-refractivity contribution is 0.470. The zero-order valence-electron chi connectivity index (χ0n) is 30.8. The van der Waals surface area contributed by atoms with Gasteiger partial charge in [-0.2, -0.15) is 18.9 Å². The van der Waals surface area contributed by atoms with Crippen molar-refractivity contribution in [3.8, 4) is 12.1 Å². The van der Waals surface area contributed by atoms with Gasteiger partial charge >= 0.3 is 0 Å². The van der Waals surface area contributed by atoms with Gasteiger partial charge in [-0.05, 0) is 122 Å². The number of fused-ring (bicyclic) bond motifs is 2. The molecule has 0 bridgehead atoms. The molecule has 1 N–H and O–H groups in total. The molecule has 11 heteroatoms. The van der Waals surface area contributed by atoms with Crippen molar-refractivity contribution in [3.63, 3.8) is 0 Å². The molecule has 9 nitrogen and oxygen atoms in total. The maximum absolute atomic E-state index is 11.4. The molecule has 2 aromatic carbocycles. The average molecular weight is 742 g/mol. The topological polar surface area (TPSA) is 149 Å². The molecule has 0 spiro atoms. The molecule has 52 heavy (non-hydrogen) atoms. The molecule has 0 amide bonds. The third kappa shape index (κ3) is 8.45. The Labute approximate surface area is 312 Å². The van der Waals surface area contributed by atoms with E-state index in [2.05, 4.69) is 80.9 Å². The van der Waals surface area contributed by atoms with E-state index in [0.29, 0.717) is 43.5 Å². The lowest BCUT2D eigenvalue weighted by atomic mass is 9.79. The number of benzene rings is 2. The van der Waals surface area contributed by atoms with E-state index in [1.807, 2.05) is 36.4 Å². The van der Waals surface area contributed by atoms with Gasteiger partial charge in [0.05, 0.1) is 35.1 Å². The Hall–Kier alpha value is -4.00. The minimum atomic E-state index is -4.03. The van der Waals surface area contributed by atoms with Gasteiger partial charge in [-0.3, -0.25) is 8.76 Å². The molecule has 0 radical (unpaired) electrons. The van der Waals surface area contributed by atoms with Crippen molar-refractivity contribution in [3.05, 3.63) is 105 Å². The maximum atomic E-state index is 11.4. The first-order valence-electron chi connectivity index (χ1n) is 18.0. The summed E-state index contributed by atoms with van der Waals surface area (Å²) in [5, 5.41) is 19.3. The highest BCUT2D eigenvalue weighted by Gasteiger charge is 2.43. The normalized spacial score (nSPS) is 21.4. The van der Waals surface area contributed by atoms with Gasteiger partial charge in [0.2, 0.25) is 0 Å². The number of hydrogen-bond donors (Lipinski definition) is 1. The van der Waals surface area contributed by atoms with Gasteiger partial charge in [0.15, 0.2) is 0 Å². The average Bonchev–Trinajstić information content (AvgIpc) is 3.44. The van der Waals surface area contributed by atoms with Crippen molar-refractivity contribution in [2.75, 3.05) is 34.4 Å². The van der Waals surface area contributed by atoms with Gasteiger partial charge in [0.1, 0.15) is 0 Å². The summed E-state index contributed by atoms with van der Waals surface area (Å²) in [7, 11) is -4.03. The Morgan fingerprint density at radius 3 is 2.25 bits per heavy atom. The van der Waals surface area contributed by atoms with E-state index in [0.717, 1.165) is 53.9 Å². The molecule has 0 aromatic heterocycles. The van der Waals surface area contributed by atoms with Crippen molar-refractivity contribution in [1.82, 2.24) is 0 Å². The first-order chi connectivity index (χ1) is 24.6. The number of hydrogen-bond acceptors (Lipinski definition) is 8. The zero-order chi connectivity index (χ0) is 37.8. The quantitative estimate of drug-likeness (QED) is 0.123. The number of allylic oxidation sites excluding steroid dienone is 7. The minimum absolute atomic E-state index is 0.0245. The van der Waals surface area contributed by atoms with Gasteiger partial charge < -0.3 is 14.4 Å². The second kappa shape index (κ2) is 15.9. The predicted octanol–water partition coefficient (Wildman–Crippen LogP) is 7.89. The van der Waals surface area contributed by atoms with E-state index in [9.17, 15) is 32.3 Å². The largest absolute Gasteiger partial charge is 0.772 e. The van der Waals surface area contributed by atoms with Crippen LogP contribution in [0.4, 0.5) is 11.4 Å². The van der Waals surface area contributed by atoms with E-state index in [-0.39, 0.29) is 23.0 Å². The van der Waals surface area contributed by atoms with Crippen LogP contribution in [0.2, 0.25) is 0 Å². The Morgan fingerprint density at radius 2 is 1.60 bits per heavy atom. The fourth-order valence-corrected chi connectivity index (χ4v) is 9.08. The summed E-state index contributed by atoms with van der Waals surface area (Å²) < 4.78 is 54.4. The third-order valence-corrected chi connectivity index (χ3v) is 12.4. The van der Waals surface area contributed by atoms with Crippen molar-refractivity contribution in [2.24, 2.45) is 0 Å². The summed E-state index contributed by atoms with van der Waals surface area (Å²) in [6.45, 7) is 12.2. The lowest BCUT2D eigenvalue weighted by Gasteiger charge is -2.33. The van der Waals surface area contributed by atoms with Crippen LogP contribution in [0, 0.1) is 22.7 Å². The summed E-state index contributed by atoms with van der Waals surface area (Å²) >= 11 is -2.06. The van der Waals surface area contributed by atoms with E-state index in [1.54, 1.807) is 0 Å². The fourth-order valence-electron chi connectivity index (χ4n) is 8.07. The lowest BCUT2D eigenvalue weighted by Crippen LogP contribution is -2.40. The smallest absolute Gasteiger partial charge is 0.264 e. The van der Waals surface area contributed by atoms with E-state index < -0.39 is 26.6 Å². The Morgan fingerprint density at radius 1 is 0.942 bits per heavy atom. The standard InChI is InChI=1S/C41H50N4O5S2/c1-29-32(15-19-38-40(2,3)34-25-30(27-42)13-17-36(34)44(38)21-6-8-23-51(46)47)11-10-12-33(29)16-20-39-41(4,5)35-26-31(28-43)14-18-37(35)45(39)22-7-9-24-52(48,49)50/h13-20,25-26,38H,6-12,21-24H2,1-5H3,(H,46,47)(H,48,49,50)/p-1/b19-15+,33-16+,39-20+. The summed E-state index contributed by atoms with van der Waals surface area (Å²) in [5.74, 6) is -0.133. The Balaban J connectivity index is 1.45. The molecule has 3 aliphatic rings. The number of nitriles is 2. The van der Waals surface area contributed by atoms with Crippen LogP contribution in [0.15, 0.2) is 83.1 Å². The Kier molecular flexibility index (Phi) is 12.0. The Bertz CT molecular complexity index is 2050. The van der Waals surface area contributed by atoms with Gasteiger partial charge in [0, 0.05) is 46.7 Å². The van der Waals surface area contributed by atoms with Gasteiger partial charge in [-0.15, -0.1) is 0 Å². The second-order valence-corrected chi connectivity index (χ2v) is 17.7. The van der Waals surface area contributed by atoms with Crippen molar-refractivity contribution in [1.29, 1.82) is 10.5 Å². The molecular formula is C41H49N4O5S2-. The first kappa shape index (κ1) is 39.2. The highest BCUT2D eigenvalue weighted by Crippen LogP contribution is 2.49. The molecule has 0 fully saturated rings. The number of rotatable bonds is 13. The van der Waals surface area contributed by atoms with Crippen LogP contribution in [0.5, 0.6) is 0 Å². The fraction of sp³-hybridized carbons (Fsp3) is 0.463. The zero-order valence-corrected chi connectivity index (χ0v) is 32.4.